The number of amides is 1. The minimum Gasteiger partial charge on any atom is -0.299 e. The molecule has 1 amide bonds. The first-order valence-corrected chi connectivity index (χ1v) is 8.30. The second-order valence-electron chi connectivity index (χ2n) is 6.11. The zero-order valence-corrected chi connectivity index (χ0v) is 14.3. The zero-order chi connectivity index (χ0) is 15.4. The van der Waals surface area contributed by atoms with Gasteiger partial charge < -0.3 is 0 Å². The van der Waals surface area contributed by atoms with Crippen LogP contribution in [0.5, 0.6) is 0 Å². The fourth-order valence-corrected chi connectivity index (χ4v) is 3.49. The van der Waals surface area contributed by atoms with Crippen molar-refractivity contribution in [1.29, 1.82) is 0 Å². The number of rotatable bonds is 4. The van der Waals surface area contributed by atoms with E-state index in [2.05, 4.69) is 40.2 Å². The van der Waals surface area contributed by atoms with E-state index in [4.69, 9.17) is 5.84 Å². The maximum Gasteiger partial charge on any atom is 0.265 e. The van der Waals surface area contributed by atoms with Crippen LogP contribution >= 0.6 is 15.9 Å². The highest BCUT2D eigenvalue weighted by atomic mass is 79.9. The molecule has 2 rings (SSSR count). The van der Waals surface area contributed by atoms with E-state index in [-0.39, 0.29) is 5.91 Å². The van der Waals surface area contributed by atoms with Crippen LogP contribution in [0.15, 0.2) is 22.7 Å². The fraction of sp³-hybridized carbons (Fsp3) is 0.562. The summed E-state index contributed by atoms with van der Waals surface area (Å²) < 4.78 is 0.958. The fourth-order valence-electron chi connectivity index (χ4n) is 2.98. The third-order valence-electron chi connectivity index (χ3n) is 4.47. The largest absolute Gasteiger partial charge is 0.299 e. The maximum absolute atomic E-state index is 11.5. The number of hydrogen-bond acceptors (Lipinski definition) is 3. The van der Waals surface area contributed by atoms with E-state index in [0.29, 0.717) is 11.6 Å². The third-order valence-corrected chi connectivity index (χ3v) is 5.21. The number of hydrazine groups is 1. The van der Waals surface area contributed by atoms with Crippen LogP contribution < -0.4 is 11.3 Å². The lowest BCUT2D eigenvalue weighted by atomic mass is 9.86. The van der Waals surface area contributed by atoms with Gasteiger partial charge in [0, 0.05) is 22.6 Å². The highest BCUT2D eigenvalue weighted by molar-refractivity contribution is 9.10. The normalized spacial score (nSPS) is 22.3. The molecule has 1 saturated carbocycles. The van der Waals surface area contributed by atoms with Gasteiger partial charge in [-0.2, -0.15) is 0 Å². The molecule has 0 atom stereocenters. The molecule has 0 bridgehead atoms. The Balaban J connectivity index is 2.00. The molecule has 116 valence electrons. The lowest BCUT2D eigenvalue weighted by Crippen LogP contribution is -2.34. The predicted octanol–water partition coefficient (Wildman–Crippen LogP) is 3.06. The molecule has 0 radical (unpaired) electrons. The number of carbonyl (C=O) groups is 1. The molecule has 1 aromatic rings. The molecule has 4 nitrogen and oxygen atoms in total. The summed E-state index contributed by atoms with van der Waals surface area (Å²) in [5, 5.41) is 0. The van der Waals surface area contributed by atoms with Gasteiger partial charge in [0.25, 0.3) is 5.91 Å². The Hall–Kier alpha value is -0.910. The first kappa shape index (κ1) is 16.5. The minimum atomic E-state index is -0.267. The van der Waals surface area contributed by atoms with Gasteiger partial charge in [-0.05, 0) is 56.3 Å². The molecule has 0 unspecified atom stereocenters. The monoisotopic (exact) mass is 353 g/mol. The maximum atomic E-state index is 11.5. The first-order chi connectivity index (χ1) is 10.0. The Morgan fingerprint density at radius 2 is 2.05 bits per heavy atom. The molecular weight excluding hydrogens is 330 g/mol. The van der Waals surface area contributed by atoms with Gasteiger partial charge >= 0.3 is 0 Å². The van der Waals surface area contributed by atoms with Crippen LogP contribution in [0.4, 0.5) is 0 Å². The molecule has 1 aliphatic rings. The topological polar surface area (TPSA) is 58.4 Å². The lowest BCUT2D eigenvalue weighted by Gasteiger charge is -2.33. The van der Waals surface area contributed by atoms with Crippen LogP contribution in [0.25, 0.3) is 0 Å². The van der Waals surface area contributed by atoms with Crippen LogP contribution in [0, 0.1) is 5.92 Å². The zero-order valence-electron chi connectivity index (χ0n) is 12.7. The summed E-state index contributed by atoms with van der Waals surface area (Å²) in [6, 6.07) is 6.31. The molecule has 1 aliphatic carbocycles. The molecule has 0 aliphatic heterocycles. The standard InChI is InChI=1S/C16H24BrN3O/c1-11-3-7-14(8-4-11)20(2)10-13-6-5-12(9-15(13)17)16(21)19-18/h5-6,9,11,14H,3-4,7-8,10,18H2,1-2H3,(H,19,21). The van der Waals surface area contributed by atoms with Gasteiger partial charge in [-0.25, -0.2) is 5.84 Å². The first-order valence-electron chi connectivity index (χ1n) is 7.51. The van der Waals surface area contributed by atoms with Crippen molar-refractivity contribution < 1.29 is 4.79 Å². The number of nitrogen functional groups attached to an aromatic ring is 1. The van der Waals surface area contributed by atoms with E-state index < -0.39 is 0 Å². The van der Waals surface area contributed by atoms with Crippen LogP contribution in [0.2, 0.25) is 0 Å². The van der Waals surface area contributed by atoms with Crippen molar-refractivity contribution in [1.82, 2.24) is 10.3 Å². The number of benzene rings is 1. The average Bonchev–Trinajstić information content (AvgIpc) is 2.49. The quantitative estimate of drug-likeness (QED) is 0.496. The van der Waals surface area contributed by atoms with E-state index in [9.17, 15) is 4.79 Å². The van der Waals surface area contributed by atoms with Gasteiger partial charge in [0.2, 0.25) is 0 Å². The molecule has 3 N–H and O–H groups in total. The van der Waals surface area contributed by atoms with E-state index >= 15 is 0 Å². The van der Waals surface area contributed by atoms with Crippen molar-refractivity contribution in [2.24, 2.45) is 11.8 Å². The Morgan fingerprint density at radius 1 is 1.38 bits per heavy atom. The smallest absolute Gasteiger partial charge is 0.265 e. The molecule has 0 spiro atoms. The molecule has 0 aromatic heterocycles. The highest BCUT2D eigenvalue weighted by Crippen LogP contribution is 2.28. The number of halogens is 1. The molecule has 21 heavy (non-hydrogen) atoms. The summed E-state index contributed by atoms with van der Waals surface area (Å²) in [4.78, 5) is 13.9. The van der Waals surface area contributed by atoms with Crippen LogP contribution in [0.3, 0.4) is 0 Å². The Bertz CT molecular complexity index is 498. The highest BCUT2D eigenvalue weighted by Gasteiger charge is 2.22. The number of carbonyl (C=O) groups excluding carboxylic acids is 1. The van der Waals surface area contributed by atoms with Crippen molar-refractivity contribution in [3.05, 3.63) is 33.8 Å². The number of nitrogens with zero attached hydrogens (tertiary/aromatic N) is 1. The minimum absolute atomic E-state index is 0.267. The summed E-state index contributed by atoms with van der Waals surface area (Å²) in [5.41, 5.74) is 3.92. The molecule has 1 aromatic carbocycles. The summed E-state index contributed by atoms with van der Waals surface area (Å²) >= 11 is 3.56. The van der Waals surface area contributed by atoms with Crippen molar-refractivity contribution in [3.8, 4) is 0 Å². The van der Waals surface area contributed by atoms with E-state index in [1.54, 1.807) is 0 Å². The number of nitrogens with one attached hydrogen (secondary N) is 1. The van der Waals surface area contributed by atoms with Gasteiger partial charge in [-0.15, -0.1) is 0 Å². The molecule has 0 saturated heterocycles. The van der Waals surface area contributed by atoms with Crippen LogP contribution in [-0.4, -0.2) is 23.9 Å². The SMILES string of the molecule is CC1CCC(N(C)Cc2ccc(C(=O)NN)cc2Br)CC1. The van der Waals surface area contributed by atoms with Gasteiger partial charge in [-0.3, -0.25) is 15.1 Å². The van der Waals surface area contributed by atoms with E-state index in [0.717, 1.165) is 16.9 Å². The Kier molecular flexibility index (Phi) is 5.79. The van der Waals surface area contributed by atoms with Crippen LogP contribution in [0.1, 0.15) is 48.5 Å². The number of hydrogen-bond donors (Lipinski definition) is 2. The second kappa shape index (κ2) is 7.38. The van der Waals surface area contributed by atoms with E-state index in [1.165, 1.54) is 31.2 Å². The summed E-state index contributed by atoms with van der Waals surface area (Å²) in [6.45, 7) is 3.23. The van der Waals surface area contributed by atoms with Crippen molar-refractivity contribution in [2.45, 2.75) is 45.2 Å². The van der Waals surface area contributed by atoms with E-state index in [1.807, 2.05) is 18.2 Å². The Labute approximate surface area is 135 Å². The van der Waals surface area contributed by atoms with Crippen LogP contribution in [-0.2, 0) is 6.54 Å². The van der Waals surface area contributed by atoms with Gasteiger partial charge in [-0.1, -0.05) is 28.9 Å². The molecule has 0 heterocycles. The Morgan fingerprint density at radius 3 is 2.62 bits per heavy atom. The summed E-state index contributed by atoms with van der Waals surface area (Å²) in [5.74, 6) is 5.76. The molecule has 1 fully saturated rings. The molecule has 5 heteroatoms. The van der Waals surface area contributed by atoms with Gasteiger partial charge in [0.05, 0.1) is 0 Å². The second-order valence-corrected chi connectivity index (χ2v) is 6.96. The third kappa shape index (κ3) is 4.28. The van der Waals surface area contributed by atoms with Gasteiger partial charge in [0.1, 0.15) is 0 Å². The number of nitrogens with two attached hydrogens (primary N) is 1. The van der Waals surface area contributed by atoms with Gasteiger partial charge in [0.15, 0.2) is 0 Å². The average molecular weight is 354 g/mol. The summed E-state index contributed by atoms with van der Waals surface area (Å²) in [7, 11) is 2.19. The lowest BCUT2D eigenvalue weighted by molar-refractivity contribution is 0.0953. The van der Waals surface area contributed by atoms with Crippen molar-refractivity contribution >= 4 is 21.8 Å². The predicted molar refractivity (Wildman–Crippen MR) is 88.7 cm³/mol. The van der Waals surface area contributed by atoms with Crippen molar-refractivity contribution in [2.75, 3.05) is 7.05 Å². The summed E-state index contributed by atoms with van der Waals surface area (Å²) in [6.07, 6.45) is 5.21. The van der Waals surface area contributed by atoms with Crippen molar-refractivity contribution in [3.63, 3.8) is 0 Å². The molecular formula is C16H24BrN3O.